The Kier molecular flexibility index (Phi) is 5.16. The van der Waals surface area contributed by atoms with Crippen molar-refractivity contribution < 1.29 is 4.79 Å². The predicted octanol–water partition coefficient (Wildman–Crippen LogP) is 2.95. The van der Waals surface area contributed by atoms with Gasteiger partial charge in [-0.25, -0.2) is 0 Å². The molecular formula is C20H31N3OS. The number of likely N-dealkylation sites (tertiary alicyclic amines) is 1. The van der Waals surface area contributed by atoms with Gasteiger partial charge in [0, 0.05) is 25.7 Å². The minimum absolute atomic E-state index is 0.345. The lowest BCUT2D eigenvalue weighted by Crippen LogP contribution is -2.45. The molecule has 1 atom stereocenters. The highest BCUT2D eigenvalue weighted by Crippen LogP contribution is 2.56. The molecule has 2 saturated heterocycles. The summed E-state index contributed by atoms with van der Waals surface area (Å²) in [6.45, 7) is 8.01. The Balaban J connectivity index is 1.41. The maximum atomic E-state index is 12.9. The molecule has 1 spiro atoms. The molecule has 0 radical (unpaired) electrons. The van der Waals surface area contributed by atoms with Crippen molar-refractivity contribution in [1.82, 2.24) is 15.1 Å². The maximum absolute atomic E-state index is 12.9. The van der Waals surface area contributed by atoms with Gasteiger partial charge in [0.1, 0.15) is 0 Å². The normalized spacial score (nSPS) is 26.3. The molecule has 0 bridgehead atoms. The number of hydrogen-bond donors (Lipinski definition) is 1. The van der Waals surface area contributed by atoms with Gasteiger partial charge < -0.3 is 10.2 Å². The fourth-order valence-electron chi connectivity index (χ4n) is 4.73. The molecule has 3 aliphatic rings. The first kappa shape index (κ1) is 17.5. The van der Waals surface area contributed by atoms with Gasteiger partial charge in [0.05, 0.1) is 6.54 Å². The highest BCUT2D eigenvalue weighted by Gasteiger charge is 2.56. The van der Waals surface area contributed by atoms with Gasteiger partial charge in [-0.05, 0) is 78.9 Å². The molecule has 1 aliphatic carbocycles. The number of nitrogens with zero attached hydrogens (tertiary/aromatic N) is 2. The zero-order valence-corrected chi connectivity index (χ0v) is 16.2. The van der Waals surface area contributed by atoms with Crippen LogP contribution in [0.2, 0.25) is 0 Å². The van der Waals surface area contributed by atoms with E-state index < -0.39 is 0 Å². The van der Waals surface area contributed by atoms with Crippen LogP contribution in [0.15, 0.2) is 16.8 Å². The lowest BCUT2D eigenvalue weighted by Gasteiger charge is -2.34. The summed E-state index contributed by atoms with van der Waals surface area (Å²) in [6.07, 6.45) is 6.15. The van der Waals surface area contributed by atoms with Crippen LogP contribution in [-0.4, -0.2) is 54.5 Å². The number of carbonyl (C=O) groups excluding carboxylic acids is 1. The van der Waals surface area contributed by atoms with Gasteiger partial charge in [-0.15, -0.1) is 0 Å². The third-order valence-corrected chi connectivity index (χ3v) is 7.36. The third-order valence-electron chi connectivity index (χ3n) is 6.63. The van der Waals surface area contributed by atoms with Crippen molar-refractivity contribution in [2.45, 2.75) is 51.6 Å². The largest absolute Gasteiger partial charge is 0.342 e. The van der Waals surface area contributed by atoms with E-state index in [1.165, 1.54) is 24.8 Å². The monoisotopic (exact) mass is 361 g/mol. The van der Waals surface area contributed by atoms with Gasteiger partial charge in [0.2, 0.25) is 5.91 Å². The number of nitrogens with one attached hydrogen (secondary N) is 1. The van der Waals surface area contributed by atoms with Crippen molar-refractivity contribution in [1.29, 1.82) is 0 Å². The van der Waals surface area contributed by atoms with Crippen LogP contribution >= 0.6 is 11.3 Å². The number of hydrogen-bond acceptors (Lipinski definition) is 4. The first-order chi connectivity index (χ1) is 12.2. The van der Waals surface area contributed by atoms with E-state index in [1.807, 2.05) is 0 Å². The summed E-state index contributed by atoms with van der Waals surface area (Å²) in [5, 5.41) is 7.87. The Labute approximate surface area is 155 Å². The fourth-order valence-corrected chi connectivity index (χ4v) is 5.39. The van der Waals surface area contributed by atoms with Gasteiger partial charge in [-0.2, -0.15) is 11.3 Å². The Morgan fingerprint density at radius 3 is 2.80 bits per heavy atom. The summed E-state index contributed by atoms with van der Waals surface area (Å²) in [5.41, 5.74) is 1.85. The van der Waals surface area contributed by atoms with E-state index in [4.69, 9.17) is 0 Å². The second kappa shape index (κ2) is 7.37. The van der Waals surface area contributed by atoms with Crippen molar-refractivity contribution in [3.05, 3.63) is 22.4 Å². The van der Waals surface area contributed by atoms with Crippen LogP contribution in [0.5, 0.6) is 0 Å². The zero-order valence-electron chi connectivity index (χ0n) is 15.4. The Bertz CT molecular complexity index is 574. The lowest BCUT2D eigenvalue weighted by atomic mass is 9.93. The summed E-state index contributed by atoms with van der Waals surface area (Å²) in [5.74, 6) is 1.12. The van der Waals surface area contributed by atoms with Crippen LogP contribution in [0.1, 0.15) is 44.6 Å². The molecule has 5 heteroatoms. The standard InChI is InChI=1S/C20H31N3OS/c1-16-2-9-22(10-3-16)19(24)14-23(13-17-4-11-25-15-17)18-12-20(18)5-7-21-8-6-20/h4,11,15-16,18,21H,2-3,5-10,12-14H2,1H3/t18-/m0/s1. The molecule has 4 nitrogen and oxygen atoms in total. The number of carbonyl (C=O) groups is 1. The molecule has 3 fully saturated rings. The number of amides is 1. The van der Waals surface area contributed by atoms with Gasteiger partial charge in [0.15, 0.2) is 0 Å². The van der Waals surface area contributed by atoms with E-state index in [0.717, 1.165) is 51.5 Å². The van der Waals surface area contributed by atoms with E-state index in [1.54, 1.807) is 11.3 Å². The minimum Gasteiger partial charge on any atom is -0.342 e. The van der Waals surface area contributed by atoms with Gasteiger partial charge in [0.25, 0.3) is 0 Å². The van der Waals surface area contributed by atoms with E-state index in [9.17, 15) is 4.79 Å². The zero-order chi connectivity index (χ0) is 17.3. The SMILES string of the molecule is CC1CCN(C(=O)CN(Cc2ccsc2)[C@H]2CC23CCNCC3)CC1. The van der Waals surface area contributed by atoms with E-state index >= 15 is 0 Å². The molecule has 2 aliphatic heterocycles. The first-order valence-corrected chi connectivity index (χ1v) is 10.8. The second-order valence-electron chi connectivity index (χ2n) is 8.43. The van der Waals surface area contributed by atoms with Gasteiger partial charge in [-0.3, -0.25) is 9.69 Å². The first-order valence-electron chi connectivity index (χ1n) is 9.90. The van der Waals surface area contributed by atoms with Crippen molar-refractivity contribution in [3.8, 4) is 0 Å². The van der Waals surface area contributed by atoms with Crippen LogP contribution in [0.3, 0.4) is 0 Å². The van der Waals surface area contributed by atoms with Crippen LogP contribution in [0.4, 0.5) is 0 Å². The van der Waals surface area contributed by atoms with E-state index in [-0.39, 0.29) is 0 Å². The molecule has 1 aromatic heterocycles. The summed E-state index contributed by atoms with van der Waals surface area (Å²) in [6, 6.07) is 2.81. The van der Waals surface area contributed by atoms with Gasteiger partial charge >= 0.3 is 0 Å². The minimum atomic E-state index is 0.345. The molecule has 1 aromatic rings. The van der Waals surface area contributed by atoms with Gasteiger partial charge in [-0.1, -0.05) is 6.92 Å². The Hall–Kier alpha value is -0.910. The smallest absolute Gasteiger partial charge is 0.236 e. The van der Waals surface area contributed by atoms with Crippen molar-refractivity contribution in [3.63, 3.8) is 0 Å². The van der Waals surface area contributed by atoms with Crippen LogP contribution in [0.25, 0.3) is 0 Å². The molecule has 1 saturated carbocycles. The summed E-state index contributed by atoms with van der Waals surface area (Å²) >= 11 is 1.76. The molecule has 25 heavy (non-hydrogen) atoms. The molecule has 1 amide bonds. The third kappa shape index (κ3) is 3.93. The molecule has 0 unspecified atom stereocenters. The van der Waals surface area contributed by atoms with Crippen molar-refractivity contribution >= 4 is 17.2 Å². The number of thiophene rings is 1. The van der Waals surface area contributed by atoms with Crippen molar-refractivity contribution in [2.24, 2.45) is 11.3 Å². The number of rotatable bonds is 5. The van der Waals surface area contributed by atoms with Crippen molar-refractivity contribution in [2.75, 3.05) is 32.7 Å². The highest BCUT2D eigenvalue weighted by molar-refractivity contribution is 7.07. The summed E-state index contributed by atoms with van der Waals surface area (Å²) < 4.78 is 0. The van der Waals surface area contributed by atoms with Crippen LogP contribution < -0.4 is 5.32 Å². The topological polar surface area (TPSA) is 35.6 Å². The number of piperidine rings is 2. The molecule has 3 heterocycles. The Morgan fingerprint density at radius 2 is 2.12 bits per heavy atom. The molecule has 138 valence electrons. The molecular weight excluding hydrogens is 330 g/mol. The Morgan fingerprint density at radius 1 is 1.36 bits per heavy atom. The summed E-state index contributed by atoms with van der Waals surface area (Å²) in [7, 11) is 0. The predicted molar refractivity (Wildman–Crippen MR) is 103 cm³/mol. The van der Waals surface area contributed by atoms with E-state index in [2.05, 4.69) is 38.9 Å². The van der Waals surface area contributed by atoms with E-state index in [0.29, 0.717) is 23.9 Å². The molecule has 0 aromatic carbocycles. The molecule has 4 rings (SSSR count). The maximum Gasteiger partial charge on any atom is 0.236 e. The average molecular weight is 362 g/mol. The fraction of sp³-hybridized carbons (Fsp3) is 0.750. The highest BCUT2D eigenvalue weighted by atomic mass is 32.1. The quantitative estimate of drug-likeness (QED) is 0.876. The second-order valence-corrected chi connectivity index (χ2v) is 9.21. The average Bonchev–Trinajstić information content (AvgIpc) is 3.05. The molecule has 1 N–H and O–H groups in total. The van der Waals surface area contributed by atoms with Crippen LogP contribution in [-0.2, 0) is 11.3 Å². The van der Waals surface area contributed by atoms with Crippen LogP contribution in [0, 0.1) is 11.3 Å². The summed E-state index contributed by atoms with van der Waals surface area (Å²) in [4.78, 5) is 17.5. The lowest BCUT2D eigenvalue weighted by molar-refractivity contribution is -0.134.